The van der Waals surface area contributed by atoms with Gasteiger partial charge in [0.15, 0.2) is 0 Å². The molecule has 1 rings (SSSR count). The van der Waals surface area contributed by atoms with Crippen LogP contribution in [-0.2, 0) is 12.8 Å². The van der Waals surface area contributed by atoms with Crippen LogP contribution in [0, 0.1) is 0 Å². The largest absolute Gasteiger partial charge is 0.261 e. The van der Waals surface area contributed by atoms with Crippen LogP contribution in [-0.4, -0.2) is 4.98 Å². The molecule has 0 bridgehead atoms. The van der Waals surface area contributed by atoms with E-state index in [9.17, 15) is 0 Å². The van der Waals surface area contributed by atoms with E-state index < -0.39 is 0 Å². The van der Waals surface area contributed by atoms with E-state index in [0.29, 0.717) is 0 Å². The lowest BCUT2D eigenvalue weighted by atomic mass is 10.2. The van der Waals surface area contributed by atoms with Gasteiger partial charge in [-0.2, -0.15) is 0 Å². The summed E-state index contributed by atoms with van der Waals surface area (Å²) in [5.41, 5.74) is 2.38. The van der Waals surface area contributed by atoms with Crippen LogP contribution in [0.1, 0.15) is 18.2 Å². The lowest BCUT2D eigenvalue weighted by Gasteiger charge is -1.97. The second-order valence-corrected chi connectivity index (χ2v) is 2.50. The molecular formula is C10H13N. The van der Waals surface area contributed by atoms with Gasteiger partial charge in [0.05, 0.1) is 0 Å². The number of hydrogen-bond donors (Lipinski definition) is 0. The fraction of sp³-hybridized carbons (Fsp3) is 0.300. The third kappa shape index (κ3) is 2.19. The van der Waals surface area contributed by atoms with Gasteiger partial charge in [-0.1, -0.05) is 19.1 Å². The van der Waals surface area contributed by atoms with Crippen molar-refractivity contribution in [2.45, 2.75) is 19.8 Å². The summed E-state index contributed by atoms with van der Waals surface area (Å²) < 4.78 is 0. The van der Waals surface area contributed by atoms with E-state index in [4.69, 9.17) is 0 Å². The molecule has 0 amide bonds. The zero-order valence-electron chi connectivity index (χ0n) is 6.88. The number of aryl methyl sites for hydroxylation is 1. The summed E-state index contributed by atoms with van der Waals surface area (Å²) in [4.78, 5) is 4.27. The maximum absolute atomic E-state index is 4.27. The highest BCUT2D eigenvalue weighted by Crippen LogP contribution is 2.01. The number of allylic oxidation sites excluding steroid dienone is 1. The van der Waals surface area contributed by atoms with Gasteiger partial charge in [-0.05, 0) is 24.5 Å². The summed E-state index contributed by atoms with van der Waals surface area (Å²) in [6.07, 6.45) is 5.73. The van der Waals surface area contributed by atoms with Crippen LogP contribution in [0.15, 0.2) is 31.0 Å². The molecule has 1 heterocycles. The summed E-state index contributed by atoms with van der Waals surface area (Å²) in [7, 11) is 0. The van der Waals surface area contributed by atoms with E-state index >= 15 is 0 Å². The van der Waals surface area contributed by atoms with Crippen molar-refractivity contribution < 1.29 is 0 Å². The second kappa shape index (κ2) is 3.91. The van der Waals surface area contributed by atoms with E-state index in [-0.39, 0.29) is 0 Å². The first-order chi connectivity index (χ1) is 5.36. The minimum atomic E-state index is 0.914. The molecule has 0 radical (unpaired) electrons. The fourth-order valence-electron chi connectivity index (χ4n) is 0.952. The van der Waals surface area contributed by atoms with Gasteiger partial charge in [0.2, 0.25) is 0 Å². The van der Waals surface area contributed by atoms with Crippen molar-refractivity contribution >= 4 is 0 Å². The van der Waals surface area contributed by atoms with Gasteiger partial charge in [0.1, 0.15) is 0 Å². The molecule has 1 aromatic heterocycles. The molecule has 1 aromatic rings. The van der Waals surface area contributed by atoms with Crippen molar-refractivity contribution in [3.63, 3.8) is 0 Å². The van der Waals surface area contributed by atoms with Crippen LogP contribution >= 0.6 is 0 Å². The Labute approximate surface area is 67.8 Å². The Morgan fingerprint density at radius 2 is 2.36 bits per heavy atom. The predicted octanol–water partition coefficient (Wildman–Crippen LogP) is 2.37. The van der Waals surface area contributed by atoms with Crippen molar-refractivity contribution in [1.29, 1.82) is 0 Å². The molecule has 11 heavy (non-hydrogen) atoms. The fourth-order valence-corrected chi connectivity index (χ4v) is 0.952. The van der Waals surface area contributed by atoms with E-state index in [2.05, 4.69) is 30.6 Å². The zero-order valence-corrected chi connectivity index (χ0v) is 6.88. The van der Waals surface area contributed by atoms with Crippen molar-refractivity contribution in [2.24, 2.45) is 0 Å². The molecule has 0 aliphatic carbocycles. The van der Waals surface area contributed by atoms with E-state index in [0.717, 1.165) is 18.5 Å². The van der Waals surface area contributed by atoms with Crippen LogP contribution < -0.4 is 0 Å². The summed E-state index contributed by atoms with van der Waals surface area (Å²) in [6, 6.07) is 4.17. The molecule has 0 aliphatic rings. The van der Waals surface area contributed by atoms with E-state index in [1.54, 1.807) is 0 Å². The number of rotatable bonds is 3. The average Bonchev–Trinajstić information content (AvgIpc) is 2.07. The summed E-state index contributed by atoms with van der Waals surface area (Å²) in [5, 5.41) is 0. The smallest absolute Gasteiger partial charge is 0.0401 e. The highest BCUT2D eigenvalue weighted by Gasteiger charge is 1.90. The van der Waals surface area contributed by atoms with Gasteiger partial charge in [-0.3, -0.25) is 4.98 Å². The minimum Gasteiger partial charge on any atom is -0.261 e. The molecule has 0 saturated carbocycles. The first-order valence-corrected chi connectivity index (χ1v) is 3.91. The molecule has 1 heteroatoms. The molecule has 0 fully saturated rings. The summed E-state index contributed by atoms with van der Waals surface area (Å²) >= 11 is 0. The van der Waals surface area contributed by atoms with Crippen LogP contribution in [0.25, 0.3) is 0 Å². The monoisotopic (exact) mass is 147 g/mol. The SMILES string of the molecule is C=CCc1ccc(CC)nc1. The van der Waals surface area contributed by atoms with Gasteiger partial charge >= 0.3 is 0 Å². The Hall–Kier alpha value is -1.11. The van der Waals surface area contributed by atoms with Crippen molar-refractivity contribution in [2.75, 3.05) is 0 Å². The second-order valence-electron chi connectivity index (χ2n) is 2.50. The number of aromatic nitrogens is 1. The Balaban J connectivity index is 2.74. The van der Waals surface area contributed by atoms with E-state index in [1.165, 1.54) is 5.56 Å². The standard InChI is InChI=1S/C10H13N/c1-3-5-9-6-7-10(4-2)11-8-9/h3,6-8H,1,4-5H2,2H3. The average molecular weight is 147 g/mol. The topological polar surface area (TPSA) is 12.9 Å². The molecular weight excluding hydrogens is 134 g/mol. The van der Waals surface area contributed by atoms with Gasteiger partial charge in [-0.25, -0.2) is 0 Å². The third-order valence-electron chi connectivity index (χ3n) is 1.63. The van der Waals surface area contributed by atoms with Crippen LogP contribution in [0.2, 0.25) is 0 Å². The van der Waals surface area contributed by atoms with Gasteiger partial charge in [-0.15, -0.1) is 6.58 Å². The Kier molecular flexibility index (Phi) is 2.84. The predicted molar refractivity (Wildman–Crippen MR) is 47.5 cm³/mol. The summed E-state index contributed by atoms with van der Waals surface area (Å²) in [5.74, 6) is 0. The molecule has 1 nitrogen and oxygen atoms in total. The molecule has 0 atom stereocenters. The molecule has 0 N–H and O–H groups in total. The highest BCUT2D eigenvalue weighted by molar-refractivity contribution is 5.16. The normalized spacial score (nSPS) is 9.55. The van der Waals surface area contributed by atoms with Gasteiger partial charge in [0.25, 0.3) is 0 Å². The summed E-state index contributed by atoms with van der Waals surface area (Å²) in [6.45, 7) is 5.78. The lowest BCUT2D eigenvalue weighted by Crippen LogP contribution is -1.88. The number of hydrogen-bond acceptors (Lipinski definition) is 1. The molecule has 0 aromatic carbocycles. The Morgan fingerprint density at radius 1 is 1.55 bits per heavy atom. The molecule has 0 saturated heterocycles. The molecule has 0 aliphatic heterocycles. The van der Waals surface area contributed by atoms with Gasteiger partial charge in [0, 0.05) is 11.9 Å². The maximum Gasteiger partial charge on any atom is 0.0401 e. The van der Waals surface area contributed by atoms with Crippen LogP contribution in [0.4, 0.5) is 0 Å². The Morgan fingerprint density at radius 3 is 2.82 bits per heavy atom. The maximum atomic E-state index is 4.27. The van der Waals surface area contributed by atoms with Crippen LogP contribution in [0.3, 0.4) is 0 Å². The van der Waals surface area contributed by atoms with Crippen molar-refractivity contribution in [3.8, 4) is 0 Å². The quantitative estimate of drug-likeness (QED) is 0.598. The Bertz CT molecular complexity index is 223. The van der Waals surface area contributed by atoms with Crippen LogP contribution in [0.5, 0.6) is 0 Å². The van der Waals surface area contributed by atoms with Gasteiger partial charge < -0.3 is 0 Å². The first-order valence-electron chi connectivity index (χ1n) is 3.91. The van der Waals surface area contributed by atoms with Crippen molar-refractivity contribution in [1.82, 2.24) is 4.98 Å². The molecule has 58 valence electrons. The number of pyridine rings is 1. The molecule has 0 spiro atoms. The lowest BCUT2D eigenvalue weighted by molar-refractivity contribution is 1.02. The molecule has 0 unspecified atom stereocenters. The number of nitrogens with zero attached hydrogens (tertiary/aromatic N) is 1. The zero-order chi connectivity index (χ0) is 8.10. The van der Waals surface area contributed by atoms with E-state index in [1.807, 2.05) is 12.3 Å². The highest BCUT2D eigenvalue weighted by atomic mass is 14.7. The minimum absolute atomic E-state index is 0.914. The van der Waals surface area contributed by atoms with Crippen molar-refractivity contribution in [3.05, 3.63) is 42.2 Å². The third-order valence-corrected chi connectivity index (χ3v) is 1.63. The first kappa shape index (κ1) is 7.99.